The summed E-state index contributed by atoms with van der Waals surface area (Å²) in [5.74, 6) is -0.372. The maximum atomic E-state index is 11.9. The van der Waals surface area contributed by atoms with Gasteiger partial charge in [0.1, 0.15) is 0 Å². The van der Waals surface area contributed by atoms with Gasteiger partial charge in [-0.3, -0.25) is 9.69 Å². The van der Waals surface area contributed by atoms with Crippen molar-refractivity contribution in [1.29, 1.82) is 0 Å². The number of hydrogen-bond acceptors (Lipinski definition) is 6. The van der Waals surface area contributed by atoms with Crippen molar-refractivity contribution in [2.75, 3.05) is 32.7 Å². The van der Waals surface area contributed by atoms with Crippen molar-refractivity contribution in [1.82, 2.24) is 35.7 Å². The average Bonchev–Trinajstić information content (AvgIpc) is 2.96. The standard InChI is InChI=1S/C10H17N7O3/c18-9(19)1-2-16-3-5-17(6-4-16)10(20)11-7-8-12-14-15-13-8/h1-7H2,(H,11,20)(H,18,19)(H,12,13,14,15). The van der Waals surface area contributed by atoms with E-state index in [-0.39, 0.29) is 19.0 Å². The monoisotopic (exact) mass is 283 g/mol. The third kappa shape index (κ3) is 4.16. The third-order valence-corrected chi connectivity index (χ3v) is 3.09. The lowest BCUT2D eigenvalue weighted by molar-refractivity contribution is -0.137. The van der Waals surface area contributed by atoms with Crippen molar-refractivity contribution < 1.29 is 14.7 Å². The molecule has 1 aromatic heterocycles. The van der Waals surface area contributed by atoms with E-state index in [2.05, 4.69) is 25.9 Å². The van der Waals surface area contributed by atoms with Crippen molar-refractivity contribution >= 4 is 12.0 Å². The SMILES string of the molecule is O=C(O)CCN1CCN(C(=O)NCc2nn[nH]n2)CC1. The second kappa shape index (κ2) is 6.80. The van der Waals surface area contributed by atoms with Gasteiger partial charge in [-0.25, -0.2) is 4.79 Å². The van der Waals surface area contributed by atoms with E-state index in [1.165, 1.54) is 0 Å². The molecule has 1 fully saturated rings. The van der Waals surface area contributed by atoms with Crippen LogP contribution in [0.15, 0.2) is 0 Å². The minimum absolute atomic E-state index is 0.129. The van der Waals surface area contributed by atoms with Gasteiger partial charge in [-0.2, -0.15) is 5.21 Å². The normalized spacial score (nSPS) is 16.1. The quantitative estimate of drug-likeness (QED) is 0.600. The van der Waals surface area contributed by atoms with Crippen LogP contribution in [0.2, 0.25) is 0 Å². The second-order valence-corrected chi connectivity index (χ2v) is 4.46. The Kier molecular flexibility index (Phi) is 4.82. The molecule has 10 heteroatoms. The number of H-pyrrole nitrogens is 1. The number of rotatable bonds is 5. The van der Waals surface area contributed by atoms with Gasteiger partial charge in [-0.15, -0.1) is 10.2 Å². The Balaban J connectivity index is 1.67. The smallest absolute Gasteiger partial charge is 0.317 e. The maximum Gasteiger partial charge on any atom is 0.317 e. The molecule has 0 saturated carbocycles. The van der Waals surface area contributed by atoms with E-state index < -0.39 is 5.97 Å². The lowest BCUT2D eigenvalue weighted by atomic mass is 10.3. The van der Waals surface area contributed by atoms with Crippen LogP contribution in [-0.2, 0) is 11.3 Å². The number of aromatic nitrogens is 4. The molecule has 1 aromatic rings. The van der Waals surface area contributed by atoms with E-state index in [4.69, 9.17) is 5.11 Å². The lowest BCUT2D eigenvalue weighted by Crippen LogP contribution is -2.51. The predicted octanol–water partition coefficient (Wildman–Crippen LogP) is -1.50. The Morgan fingerprint density at radius 2 is 2.05 bits per heavy atom. The van der Waals surface area contributed by atoms with Gasteiger partial charge in [0, 0.05) is 32.7 Å². The zero-order valence-electron chi connectivity index (χ0n) is 10.9. The van der Waals surface area contributed by atoms with Crippen LogP contribution in [0.25, 0.3) is 0 Å². The van der Waals surface area contributed by atoms with Crippen molar-refractivity contribution in [3.63, 3.8) is 0 Å². The van der Waals surface area contributed by atoms with Crippen LogP contribution in [0.4, 0.5) is 4.79 Å². The molecule has 0 spiro atoms. The molecular formula is C10H17N7O3. The van der Waals surface area contributed by atoms with Crippen LogP contribution in [0.3, 0.4) is 0 Å². The number of nitrogens with zero attached hydrogens (tertiary/aromatic N) is 5. The van der Waals surface area contributed by atoms with E-state index in [1.807, 2.05) is 4.90 Å². The zero-order chi connectivity index (χ0) is 14.4. The number of amides is 2. The number of tetrazole rings is 1. The van der Waals surface area contributed by atoms with Crippen LogP contribution < -0.4 is 5.32 Å². The highest BCUT2D eigenvalue weighted by atomic mass is 16.4. The number of carbonyl (C=O) groups is 2. The summed E-state index contributed by atoms with van der Waals surface area (Å²) >= 11 is 0. The van der Waals surface area contributed by atoms with E-state index in [0.717, 1.165) is 0 Å². The molecule has 0 atom stereocenters. The van der Waals surface area contributed by atoms with Crippen LogP contribution in [0, 0.1) is 0 Å². The first-order valence-electron chi connectivity index (χ1n) is 6.34. The number of nitrogens with one attached hydrogen (secondary N) is 2. The maximum absolute atomic E-state index is 11.9. The average molecular weight is 283 g/mol. The number of carboxylic acids is 1. The van der Waals surface area contributed by atoms with Gasteiger partial charge < -0.3 is 15.3 Å². The Bertz CT molecular complexity index is 442. The van der Waals surface area contributed by atoms with Crippen molar-refractivity contribution in [3.8, 4) is 0 Å². The van der Waals surface area contributed by atoms with Crippen LogP contribution in [-0.4, -0.2) is 80.3 Å². The summed E-state index contributed by atoms with van der Waals surface area (Å²) in [7, 11) is 0. The molecule has 0 unspecified atom stereocenters. The summed E-state index contributed by atoms with van der Waals surface area (Å²) in [6, 6.07) is -0.173. The Morgan fingerprint density at radius 1 is 1.30 bits per heavy atom. The molecule has 1 saturated heterocycles. The number of carboxylic acid groups (broad SMARTS) is 1. The van der Waals surface area contributed by atoms with Gasteiger partial charge >= 0.3 is 12.0 Å². The molecule has 0 radical (unpaired) electrons. The number of piperazine rings is 1. The lowest BCUT2D eigenvalue weighted by Gasteiger charge is -2.34. The van der Waals surface area contributed by atoms with E-state index in [9.17, 15) is 9.59 Å². The molecule has 20 heavy (non-hydrogen) atoms. The minimum Gasteiger partial charge on any atom is -0.481 e. The molecule has 10 nitrogen and oxygen atoms in total. The molecule has 3 N–H and O–H groups in total. The molecule has 2 heterocycles. The van der Waals surface area contributed by atoms with E-state index in [0.29, 0.717) is 38.5 Å². The molecular weight excluding hydrogens is 266 g/mol. The van der Waals surface area contributed by atoms with E-state index in [1.54, 1.807) is 4.90 Å². The topological polar surface area (TPSA) is 127 Å². The van der Waals surface area contributed by atoms with Crippen LogP contribution in [0.5, 0.6) is 0 Å². The van der Waals surface area contributed by atoms with Gasteiger partial charge in [0.25, 0.3) is 0 Å². The predicted molar refractivity (Wildman–Crippen MR) is 66.7 cm³/mol. The fraction of sp³-hybridized carbons (Fsp3) is 0.700. The number of aromatic amines is 1. The Hall–Kier alpha value is -2.23. The summed E-state index contributed by atoms with van der Waals surface area (Å²) in [6.07, 6.45) is 0.129. The van der Waals surface area contributed by atoms with Crippen molar-refractivity contribution in [2.45, 2.75) is 13.0 Å². The Morgan fingerprint density at radius 3 is 2.65 bits per heavy atom. The van der Waals surface area contributed by atoms with Gasteiger partial charge in [0.05, 0.1) is 13.0 Å². The second-order valence-electron chi connectivity index (χ2n) is 4.46. The van der Waals surface area contributed by atoms with Crippen molar-refractivity contribution in [2.24, 2.45) is 0 Å². The van der Waals surface area contributed by atoms with Gasteiger partial charge in [-0.05, 0) is 0 Å². The molecule has 0 aliphatic carbocycles. The van der Waals surface area contributed by atoms with Gasteiger partial charge in [0.15, 0.2) is 5.82 Å². The molecule has 0 bridgehead atoms. The fourth-order valence-electron chi connectivity index (χ4n) is 1.95. The number of aliphatic carboxylic acids is 1. The first-order valence-corrected chi connectivity index (χ1v) is 6.34. The highest BCUT2D eigenvalue weighted by Gasteiger charge is 2.21. The molecule has 110 valence electrons. The highest BCUT2D eigenvalue weighted by Crippen LogP contribution is 2.03. The molecule has 1 aliphatic rings. The summed E-state index contributed by atoms with van der Waals surface area (Å²) < 4.78 is 0. The summed E-state index contributed by atoms with van der Waals surface area (Å²) in [5.41, 5.74) is 0. The fourth-order valence-corrected chi connectivity index (χ4v) is 1.95. The summed E-state index contributed by atoms with van der Waals surface area (Å²) in [4.78, 5) is 26.1. The number of urea groups is 1. The summed E-state index contributed by atoms with van der Waals surface area (Å²) in [5, 5.41) is 24.5. The van der Waals surface area contributed by atoms with Crippen LogP contribution in [0.1, 0.15) is 12.2 Å². The minimum atomic E-state index is -0.801. The molecule has 0 aromatic carbocycles. The third-order valence-electron chi connectivity index (χ3n) is 3.09. The molecule has 2 amide bonds. The largest absolute Gasteiger partial charge is 0.481 e. The first kappa shape index (κ1) is 14.2. The highest BCUT2D eigenvalue weighted by molar-refractivity contribution is 5.74. The Labute approximate surface area is 115 Å². The van der Waals surface area contributed by atoms with Gasteiger partial charge in [-0.1, -0.05) is 5.21 Å². The van der Waals surface area contributed by atoms with Crippen LogP contribution >= 0.6 is 0 Å². The van der Waals surface area contributed by atoms with Gasteiger partial charge in [0.2, 0.25) is 0 Å². The number of carbonyl (C=O) groups excluding carboxylic acids is 1. The van der Waals surface area contributed by atoms with Crippen molar-refractivity contribution in [3.05, 3.63) is 5.82 Å². The first-order chi connectivity index (χ1) is 9.65. The molecule has 1 aliphatic heterocycles. The number of hydrogen-bond donors (Lipinski definition) is 3. The zero-order valence-corrected chi connectivity index (χ0v) is 10.9. The van der Waals surface area contributed by atoms with E-state index >= 15 is 0 Å². The summed E-state index contributed by atoms with van der Waals surface area (Å²) in [6.45, 7) is 3.28. The molecule has 2 rings (SSSR count).